The topological polar surface area (TPSA) is 47.0 Å². The van der Waals surface area contributed by atoms with E-state index in [0.717, 1.165) is 12.0 Å². The quantitative estimate of drug-likeness (QED) is 0.777. The second kappa shape index (κ2) is 7.16. The maximum Gasteiger partial charge on any atom is 0.389 e. The van der Waals surface area contributed by atoms with Crippen molar-refractivity contribution in [3.63, 3.8) is 0 Å². The lowest BCUT2D eigenvalue weighted by atomic mass is 10.2. The van der Waals surface area contributed by atoms with Crippen LogP contribution in [0, 0.1) is 0 Å². The summed E-state index contributed by atoms with van der Waals surface area (Å²) in [7, 11) is 1.73. The van der Waals surface area contributed by atoms with Crippen LogP contribution in [0.2, 0.25) is 0 Å². The van der Waals surface area contributed by atoms with E-state index < -0.39 is 12.6 Å². The first-order valence-corrected chi connectivity index (χ1v) is 6.19. The number of hydrogen-bond donors (Lipinski definition) is 1. The van der Waals surface area contributed by atoms with E-state index in [0.29, 0.717) is 18.1 Å². The Balaban J connectivity index is 2.62. The number of anilines is 1. The molecule has 0 fully saturated rings. The summed E-state index contributed by atoms with van der Waals surface area (Å²) in [6, 6.07) is 0. The van der Waals surface area contributed by atoms with E-state index in [-0.39, 0.29) is 13.0 Å². The van der Waals surface area contributed by atoms with Crippen molar-refractivity contribution in [3.8, 4) is 5.88 Å². The molecule has 4 nitrogen and oxygen atoms in total. The molecule has 7 heteroatoms. The van der Waals surface area contributed by atoms with Crippen LogP contribution in [0.25, 0.3) is 0 Å². The summed E-state index contributed by atoms with van der Waals surface area (Å²) in [4.78, 5) is 8.05. The Labute approximate surface area is 110 Å². The molecule has 0 aromatic carbocycles. The predicted molar refractivity (Wildman–Crippen MR) is 66.4 cm³/mol. The monoisotopic (exact) mass is 277 g/mol. The molecule has 1 rings (SSSR count). The number of halogens is 3. The SMILES string of the molecule is CCCc1c(NC)ncnc1OCCCC(F)(F)F. The number of nitrogens with one attached hydrogen (secondary N) is 1. The van der Waals surface area contributed by atoms with Crippen LogP contribution in [-0.2, 0) is 6.42 Å². The van der Waals surface area contributed by atoms with Crippen LogP contribution in [0.15, 0.2) is 6.33 Å². The summed E-state index contributed by atoms with van der Waals surface area (Å²) in [5.41, 5.74) is 0.805. The number of nitrogens with zero attached hydrogens (tertiary/aromatic N) is 2. The number of aromatic nitrogens is 2. The number of hydrogen-bond acceptors (Lipinski definition) is 4. The van der Waals surface area contributed by atoms with Gasteiger partial charge in [0.15, 0.2) is 0 Å². The van der Waals surface area contributed by atoms with E-state index in [2.05, 4.69) is 15.3 Å². The van der Waals surface area contributed by atoms with Crippen LogP contribution in [0.3, 0.4) is 0 Å². The van der Waals surface area contributed by atoms with Gasteiger partial charge in [-0.2, -0.15) is 13.2 Å². The Morgan fingerprint density at radius 2 is 2.05 bits per heavy atom. The van der Waals surface area contributed by atoms with Gasteiger partial charge in [0.1, 0.15) is 12.1 Å². The lowest BCUT2D eigenvalue weighted by molar-refractivity contribution is -0.136. The molecule has 0 amide bonds. The zero-order valence-corrected chi connectivity index (χ0v) is 11.0. The molecule has 0 radical (unpaired) electrons. The van der Waals surface area contributed by atoms with Gasteiger partial charge in [0.2, 0.25) is 5.88 Å². The van der Waals surface area contributed by atoms with Crippen molar-refractivity contribution < 1.29 is 17.9 Å². The van der Waals surface area contributed by atoms with Crippen LogP contribution in [0.5, 0.6) is 5.88 Å². The summed E-state index contributed by atoms with van der Waals surface area (Å²) in [6.45, 7) is 2.00. The van der Waals surface area contributed by atoms with E-state index in [1.807, 2.05) is 6.92 Å². The summed E-state index contributed by atoms with van der Waals surface area (Å²) in [6.07, 6.45) is -2.14. The van der Waals surface area contributed by atoms with Gasteiger partial charge in [0.05, 0.1) is 12.2 Å². The van der Waals surface area contributed by atoms with Crippen LogP contribution >= 0.6 is 0 Å². The molecule has 0 bridgehead atoms. The molecule has 0 aliphatic carbocycles. The minimum atomic E-state index is -4.14. The molecule has 1 aromatic rings. The molecule has 1 aromatic heterocycles. The van der Waals surface area contributed by atoms with E-state index in [4.69, 9.17) is 4.74 Å². The summed E-state index contributed by atoms with van der Waals surface area (Å²) in [5.74, 6) is 1.02. The van der Waals surface area contributed by atoms with Gasteiger partial charge in [0.25, 0.3) is 0 Å². The Bertz CT molecular complexity index is 396. The molecule has 0 aliphatic heterocycles. The first-order chi connectivity index (χ1) is 8.98. The smallest absolute Gasteiger partial charge is 0.389 e. The van der Waals surface area contributed by atoms with E-state index in [9.17, 15) is 13.2 Å². The second-order valence-corrected chi connectivity index (χ2v) is 4.07. The van der Waals surface area contributed by atoms with Crippen molar-refractivity contribution in [1.82, 2.24) is 9.97 Å². The average molecular weight is 277 g/mol. The van der Waals surface area contributed by atoms with Gasteiger partial charge in [0, 0.05) is 13.5 Å². The van der Waals surface area contributed by atoms with Gasteiger partial charge in [-0.15, -0.1) is 0 Å². The lowest BCUT2D eigenvalue weighted by Crippen LogP contribution is -2.11. The first-order valence-electron chi connectivity index (χ1n) is 6.19. The van der Waals surface area contributed by atoms with Gasteiger partial charge in [-0.3, -0.25) is 0 Å². The van der Waals surface area contributed by atoms with Gasteiger partial charge in [-0.1, -0.05) is 13.3 Å². The average Bonchev–Trinajstić information content (AvgIpc) is 2.35. The van der Waals surface area contributed by atoms with Crippen LogP contribution < -0.4 is 10.1 Å². The third kappa shape index (κ3) is 5.32. The molecule has 108 valence electrons. The fraction of sp³-hybridized carbons (Fsp3) is 0.667. The van der Waals surface area contributed by atoms with E-state index in [1.54, 1.807) is 7.05 Å². The van der Waals surface area contributed by atoms with Crippen LogP contribution in [0.4, 0.5) is 19.0 Å². The molecule has 0 atom stereocenters. The minimum Gasteiger partial charge on any atom is -0.477 e. The Hall–Kier alpha value is -1.53. The standard InChI is InChI=1S/C12H18F3N3O/c1-3-5-9-10(16-2)17-8-18-11(9)19-7-4-6-12(13,14)15/h8H,3-7H2,1-2H3,(H,16,17,18). The molecule has 0 spiro atoms. The van der Waals surface area contributed by atoms with Gasteiger partial charge >= 0.3 is 6.18 Å². The van der Waals surface area contributed by atoms with E-state index in [1.165, 1.54) is 6.33 Å². The largest absolute Gasteiger partial charge is 0.477 e. The van der Waals surface area contributed by atoms with E-state index >= 15 is 0 Å². The Morgan fingerprint density at radius 3 is 2.63 bits per heavy atom. The zero-order valence-electron chi connectivity index (χ0n) is 11.0. The Morgan fingerprint density at radius 1 is 1.32 bits per heavy atom. The number of alkyl halides is 3. The zero-order chi connectivity index (χ0) is 14.3. The molecule has 19 heavy (non-hydrogen) atoms. The fourth-order valence-corrected chi connectivity index (χ4v) is 1.65. The molecule has 0 saturated carbocycles. The molecule has 0 unspecified atom stereocenters. The maximum absolute atomic E-state index is 12.0. The van der Waals surface area contributed by atoms with Crippen molar-refractivity contribution in [1.29, 1.82) is 0 Å². The van der Waals surface area contributed by atoms with Gasteiger partial charge in [-0.25, -0.2) is 9.97 Å². The highest BCUT2D eigenvalue weighted by Gasteiger charge is 2.26. The predicted octanol–water partition coefficient (Wildman–Crippen LogP) is 3.19. The van der Waals surface area contributed by atoms with Crippen LogP contribution in [-0.4, -0.2) is 29.8 Å². The number of ether oxygens (including phenoxy) is 1. The lowest BCUT2D eigenvalue weighted by Gasteiger charge is -2.13. The third-order valence-corrected chi connectivity index (χ3v) is 2.49. The first kappa shape index (κ1) is 15.5. The summed E-state index contributed by atoms with van der Waals surface area (Å²) >= 11 is 0. The van der Waals surface area contributed by atoms with Crippen molar-refractivity contribution >= 4 is 5.82 Å². The van der Waals surface area contributed by atoms with Crippen molar-refractivity contribution in [2.45, 2.75) is 38.8 Å². The maximum atomic E-state index is 12.0. The highest BCUT2D eigenvalue weighted by atomic mass is 19.4. The van der Waals surface area contributed by atoms with Crippen molar-refractivity contribution in [2.24, 2.45) is 0 Å². The second-order valence-electron chi connectivity index (χ2n) is 4.07. The molecular weight excluding hydrogens is 259 g/mol. The van der Waals surface area contributed by atoms with Gasteiger partial charge in [-0.05, 0) is 12.8 Å². The summed E-state index contributed by atoms with van der Waals surface area (Å²) < 4.78 is 41.4. The van der Waals surface area contributed by atoms with Crippen molar-refractivity contribution in [2.75, 3.05) is 19.0 Å². The summed E-state index contributed by atoms with van der Waals surface area (Å²) in [5, 5.41) is 2.92. The highest BCUT2D eigenvalue weighted by Crippen LogP contribution is 2.25. The fourth-order valence-electron chi connectivity index (χ4n) is 1.65. The normalized spacial score (nSPS) is 11.4. The molecule has 1 heterocycles. The van der Waals surface area contributed by atoms with Crippen LogP contribution in [0.1, 0.15) is 31.7 Å². The Kier molecular flexibility index (Phi) is 5.85. The van der Waals surface area contributed by atoms with Gasteiger partial charge < -0.3 is 10.1 Å². The third-order valence-electron chi connectivity index (χ3n) is 2.49. The molecule has 1 N–H and O–H groups in total. The molecular formula is C12H18F3N3O. The minimum absolute atomic E-state index is 0.00358. The number of rotatable bonds is 7. The molecule has 0 saturated heterocycles. The highest BCUT2D eigenvalue weighted by molar-refractivity contribution is 5.48. The van der Waals surface area contributed by atoms with Crippen molar-refractivity contribution in [3.05, 3.63) is 11.9 Å². The molecule has 0 aliphatic rings.